The van der Waals surface area contributed by atoms with E-state index in [2.05, 4.69) is 11.8 Å². The lowest BCUT2D eigenvalue weighted by molar-refractivity contribution is -0.942. The van der Waals surface area contributed by atoms with Crippen molar-refractivity contribution in [3.63, 3.8) is 0 Å². The lowest BCUT2D eigenvalue weighted by atomic mass is 9.48. The molecule has 0 amide bonds. The van der Waals surface area contributed by atoms with Gasteiger partial charge in [0.2, 0.25) is 0 Å². The van der Waals surface area contributed by atoms with Crippen LogP contribution in [-0.4, -0.2) is 22.8 Å². The van der Waals surface area contributed by atoms with Crippen molar-refractivity contribution < 1.29 is 10.2 Å². The van der Waals surface area contributed by atoms with Gasteiger partial charge in [-0.05, 0) is 49.9 Å². The third-order valence-corrected chi connectivity index (χ3v) is 7.00. The van der Waals surface area contributed by atoms with Crippen molar-refractivity contribution in [1.29, 1.82) is 0 Å². The van der Waals surface area contributed by atoms with Gasteiger partial charge in [-0.2, -0.15) is 0 Å². The molecule has 5 rings (SSSR count). The first-order valence-electron chi connectivity index (χ1n) is 8.24. The fraction of sp³-hybridized carbons (Fsp3) is 0.882. The minimum Gasteiger partial charge on any atom is -0.633 e. The van der Waals surface area contributed by atoms with Crippen molar-refractivity contribution in [2.75, 3.05) is 6.61 Å². The molecule has 0 radical (unpaired) electrons. The predicted octanol–water partition coefficient (Wildman–Crippen LogP) is 1.11. The zero-order valence-electron chi connectivity index (χ0n) is 12.3. The van der Waals surface area contributed by atoms with Crippen LogP contribution in [-0.2, 0) is 0 Å². The Hall–Kier alpha value is -0.560. The second-order valence-corrected chi connectivity index (χ2v) is 7.97. The highest BCUT2D eigenvalue weighted by molar-refractivity contribution is 5.19. The van der Waals surface area contributed by atoms with Gasteiger partial charge >= 0.3 is 0 Å². The normalized spacial score (nSPS) is 56.0. The number of quaternary nitrogens is 1. The summed E-state index contributed by atoms with van der Waals surface area (Å²) in [6.07, 6.45) is 8.56. The Kier molecular flexibility index (Phi) is 2.77. The number of aliphatic hydroxyl groups is 1. The van der Waals surface area contributed by atoms with Crippen molar-refractivity contribution in [2.24, 2.45) is 23.7 Å². The van der Waals surface area contributed by atoms with E-state index < -0.39 is 5.54 Å². The van der Waals surface area contributed by atoms with Gasteiger partial charge in [0.05, 0.1) is 0 Å². The third-order valence-electron chi connectivity index (χ3n) is 7.00. The lowest BCUT2D eigenvalue weighted by Crippen LogP contribution is -3.22. The summed E-state index contributed by atoms with van der Waals surface area (Å²) in [6, 6.07) is 0. The van der Waals surface area contributed by atoms with E-state index in [0.29, 0.717) is 16.9 Å². The SMILES string of the molecule is CC1(C#CCO)CCC2(C3CC4CC(C3)CC2C4)[NH+]1[O-]. The molecule has 1 aliphatic heterocycles. The standard InChI is InChI=1S/C17H25NO2/c1-16(3-2-6-19)4-5-17(18(16)20)14-8-12-7-13(10-14)11-15(17)9-12/h12-15,18-19H,4-11H2,1H3. The van der Waals surface area contributed by atoms with Gasteiger partial charge in [0, 0.05) is 31.6 Å². The van der Waals surface area contributed by atoms with Crippen molar-refractivity contribution in [2.45, 2.75) is 62.9 Å². The molecular formula is C17H25NO2. The van der Waals surface area contributed by atoms with E-state index in [9.17, 15) is 5.21 Å². The minimum absolute atomic E-state index is 0.0354. The van der Waals surface area contributed by atoms with Crippen molar-refractivity contribution in [3.05, 3.63) is 5.21 Å². The molecule has 20 heavy (non-hydrogen) atoms. The molecule has 3 nitrogen and oxygen atoms in total. The summed E-state index contributed by atoms with van der Waals surface area (Å²) in [5, 5.41) is 22.6. The molecule has 0 aromatic rings. The predicted molar refractivity (Wildman–Crippen MR) is 76.6 cm³/mol. The Labute approximate surface area is 121 Å². The zero-order valence-corrected chi connectivity index (χ0v) is 12.3. The molecule has 5 aliphatic rings. The number of hydroxylamine groups is 2. The number of nitrogens with one attached hydrogen (secondary N) is 1. The van der Waals surface area contributed by atoms with E-state index in [0.717, 1.165) is 24.7 Å². The summed E-state index contributed by atoms with van der Waals surface area (Å²) in [5.41, 5.74) is -0.523. The van der Waals surface area contributed by atoms with Gasteiger partial charge in [0.15, 0.2) is 5.54 Å². The molecule has 1 saturated heterocycles. The monoisotopic (exact) mass is 275 g/mol. The topological polar surface area (TPSA) is 47.7 Å². The molecule has 4 bridgehead atoms. The Morgan fingerprint density at radius 2 is 1.70 bits per heavy atom. The fourth-order valence-electron chi connectivity index (χ4n) is 6.36. The maximum atomic E-state index is 13.3. The molecule has 1 heterocycles. The van der Waals surface area contributed by atoms with E-state index in [4.69, 9.17) is 5.11 Å². The van der Waals surface area contributed by atoms with Gasteiger partial charge < -0.3 is 15.4 Å². The van der Waals surface area contributed by atoms with Crippen LogP contribution in [0.2, 0.25) is 0 Å². The maximum Gasteiger partial charge on any atom is 0.156 e. The summed E-state index contributed by atoms with van der Waals surface area (Å²) in [6.45, 7) is 1.88. The highest BCUT2D eigenvalue weighted by Gasteiger charge is 2.66. The van der Waals surface area contributed by atoms with Crippen LogP contribution in [0.3, 0.4) is 0 Å². The Bertz CT molecular complexity index is 449. The van der Waals surface area contributed by atoms with Crippen molar-refractivity contribution in [3.8, 4) is 11.8 Å². The lowest BCUT2D eigenvalue weighted by Gasteiger charge is -2.62. The third kappa shape index (κ3) is 1.53. The number of hydrogen-bond donors (Lipinski definition) is 2. The summed E-state index contributed by atoms with van der Waals surface area (Å²) < 4.78 is 0. The largest absolute Gasteiger partial charge is 0.633 e. The molecule has 3 heteroatoms. The molecule has 110 valence electrons. The van der Waals surface area contributed by atoms with Crippen LogP contribution in [0.25, 0.3) is 0 Å². The van der Waals surface area contributed by atoms with Gasteiger partial charge in [-0.25, -0.2) is 0 Å². The Morgan fingerprint density at radius 1 is 1.10 bits per heavy atom. The fourth-order valence-corrected chi connectivity index (χ4v) is 6.36. The highest BCUT2D eigenvalue weighted by Crippen LogP contribution is 2.60. The average molecular weight is 275 g/mol. The quantitative estimate of drug-likeness (QED) is 0.514. The smallest absolute Gasteiger partial charge is 0.156 e. The minimum atomic E-state index is -0.488. The van der Waals surface area contributed by atoms with Crippen LogP contribution in [0.5, 0.6) is 0 Å². The zero-order chi connectivity index (χ0) is 14.0. The van der Waals surface area contributed by atoms with Crippen LogP contribution in [0, 0.1) is 40.7 Å². The maximum absolute atomic E-state index is 13.3. The molecule has 4 aliphatic carbocycles. The second kappa shape index (κ2) is 4.22. The highest BCUT2D eigenvalue weighted by atomic mass is 16.5. The average Bonchev–Trinajstić information content (AvgIpc) is 2.68. The van der Waals surface area contributed by atoms with Gasteiger partial charge in [-0.15, -0.1) is 0 Å². The first-order valence-corrected chi connectivity index (χ1v) is 8.24. The Morgan fingerprint density at radius 3 is 2.25 bits per heavy atom. The number of rotatable bonds is 0. The first kappa shape index (κ1) is 13.1. The molecule has 4 saturated carbocycles. The van der Waals surface area contributed by atoms with Crippen molar-refractivity contribution >= 4 is 0 Å². The van der Waals surface area contributed by atoms with E-state index in [1.807, 2.05) is 6.92 Å². The summed E-state index contributed by atoms with van der Waals surface area (Å²) in [7, 11) is 0. The molecule has 0 aromatic carbocycles. The van der Waals surface area contributed by atoms with Gasteiger partial charge in [-0.3, -0.25) is 0 Å². The van der Waals surface area contributed by atoms with Crippen LogP contribution in [0.15, 0.2) is 0 Å². The van der Waals surface area contributed by atoms with Crippen LogP contribution in [0.4, 0.5) is 0 Å². The number of hydrogen-bond acceptors (Lipinski definition) is 2. The van der Waals surface area contributed by atoms with E-state index in [-0.39, 0.29) is 12.1 Å². The summed E-state index contributed by atoms with van der Waals surface area (Å²) in [5.74, 6) is 8.94. The molecule has 2 N–H and O–H groups in total. The molecule has 1 spiro atoms. The van der Waals surface area contributed by atoms with Crippen LogP contribution >= 0.6 is 0 Å². The molecule has 0 aromatic heterocycles. The second-order valence-electron chi connectivity index (χ2n) is 7.97. The molecule has 2 unspecified atom stereocenters. The van der Waals surface area contributed by atoms with E-state index in [1.54, 1.807) is 0 Å². The van der Waals surface area contributed by atoms with E-state index >= 15 is 0 Å². The first-order chi connectivity index (χ1) is 9.58. The van der Waals surface area contributed by atoms with Crippen LogP contribution < -0.4 is 5.06 Å². The molecular weight excluding hydrogens is 250 g/mol. The molecule has 2 atom stereocenters. The summed E-state index contributed by atoms with van der Waals surface area (Å²) >= 11 is 0. The number of aliphatic hydroxyl groups excluding tert-OH is 1. The van der Waals surface area contributed by atoms with E-state index in [1.165, 1.54) is 32.1 Å². The summed E-state index contributed by atoms with van der Waals surface area (Å²) in [4.78, 5) is 0. The van der Waals surface area contributed by atoms with Crippen LogP contribution in [0.1, 0.15) is 51.9 Å². The van der Waals surface area contributed by atoms with Gasteiger partial charge in [-0.1, -0.05) is 5.92 Å². The van der Waals surface area contributed by atoms with Crippen molar-refractivity contribution in [1.82, 2.24) is 0 Å². The molecule has 5 fully saturated rings. The van der Waals surface area contributed by atoms with Gasteiger partial charge in [0.25, 0.3) is 0 Å². The Balaban J connectivity index is 1.69. The van der Waals surface area contributed by atoms with Gasteiger partial charge in [0.1, 0.15) is 12.1 Å².